The Morgan fingerprint density at radius 3 is 2.62 bits per heavy atom. The highest BCUT2D eigenvalue weighted by molar-refractivity contribution is 6.02. The van der Waals surface area contributed by atoms with Gasteiger partial charge in [-0.3, -0.25) is 4.79 Å². The van der Waals surface area contributed by atoms with Gasteiger partial charge in [-0.05, 0) is 30.5 Å². The molecule has 0 atom stereocenters. The van der Waals surface area contributed by atoms with E-state index in [4.69, 9.17) is 5.73 Å². The van der Waals surface area contributed by atoms with E-state index in [-0.39, 0.29) is 11.7 Å². The lowest BCUT2D eigenvalue weighted by molar-refractivity contribution is 0.0924. The summed E-state index contributed by atoms with van der Waals surface area (Å²) in [6.45, 7) is -0.540. The van der Waals surface area contributed by atoms with Crippen LogP contribution in [0.5, 0.6) is 0 Å². The van der Waals surface area contributed by atoms with E-state index < -0.39 is 6.67 Å². The molecule has 0 spiro atoms. The second-order valence-electron chi connectivity index (χ2n) is 4.40. The fourth-order valence-corrected chi connectivity index (χ4v) is 2.33. The molecule has 1 aromatic carbocycles. The number of ketones is 1. The topological polar surface area (TPSA) is 43.1 Å². The number of rotatable bonds is 3. The number of alkyl halides is 1. The van der Waals surface area contributed by atoms with Crippen molar-refractivity contribution in [2.45, 2.75) is 32.4 Å². The Hall–Kier alpha value is -1.38. The molecule has 0 unspecified atom stereocenters. The van der Waals surface area contributed by atoms with Crippen LogP contribution in [0.15, 0.2) is 18.2 Å². The van der Waals surface area contributed by atoms with Crippen molar-refractivity contribution in [1.29, 1.82) is 0 Å². The highest BCUT2D eigenvalue weighted by Gasteiger charge is 2.24. The summed E-state index contributed by atoms with van der Waals surface area (Å²) < 4.78 is 12.4. The van der Waals surface area contributed by atoms with Crippen molar-refractivity contribution in [3.8, 4) is 0 Å². The summed E-state index contributed by atoms with van der Waals surface area (Å²) in [5.41, 5.74) is 7.27. The van der Waals surface area contributed by atoms with Crippen LogP contribution < -0.4 is 5.73 Å². The summed E-state index contributed by atoms with van der Waals surface area (Å²) in [6, 6.07) is 4.85. The Labute approximate surface area is 94.6 Å². The smallest absolute Gasteiger partial charge is 0.168 e. The number of hydrogen-bond acceptors (Lipinski definition) is 2. The Bertz CT molecular complexity index is 397. The van der Waals surface area contributed by atoms with Crippen LogP contribution >= 0.6 is 0 Å². The van der Waals surface area contributed by atoms with Gasteiger partial charge in [0.15, 0.2) is 5.78 Å². The third-order valence-electron chi connectivity index (χ3n) is 3.26. The molecule has 2 rings (SSSR count). The maximum absolute atomic E-state index is 12.4. The first kappa shape index (κ1) is 11.1. The van der Waals surface area contributed by atoms with Gasteiger partial charge in [-0.15, -0.1) is 0 Å². The zero-order valence-electron chi connectivity index (χ0n) is 9.21. The van der Waals surface area contributed by atoms with Crippen LogP contribution in [-0.4, -0.2) is 5.78 Å². The fourth-order valence-electron chi connectivity index (χ4n) is 2.33. The van der Waals surface area contributed by atoms with Gasteiger partial charge in [0.25, 0.3) is 0 Å². The number of benzene rings is 1. The highest BCUT2D eigenvalue weighted by Crippen LogP contribution is 2.30. The van der Waals surface area contributed by atoms with Gasteiger partial charge >= 0.3 is 0 Å². The van der Waals surface area contributed by atoms with Crippen LogP contribution in [0.4, 0.5) is 10.1 Å². The molecule has 1 aliphatic carbocycles. The van der Waals surface area contributed by atoms with Crippen molar-refractivity contribution < 1.29 is 9.18 Å². The first-order valence-corrected chi connectivity index (χ1v) is 5.71. The minimum atomic E-state index is -0.540. The second kappa shape index (κ2) is 4.64. The van der Waals surface area contributed by atoms with Crippen LogP contribution in [0.25, 0.3) is 0 Å². The maximum atomic E-state index is 12.4. The molecule has 0 radical (unpaired) electrons. The second-order valence-corrected chi connectivity index (χ2v) is 4.40. The Kier molecular flexibility index (Phi) is 3.22. The average Bonchev–Trinajstić information content (AvgIpc) is 2.81. The van der Waals surface area contributed by atoms with Crippen molar-refractivity contribution in [2.75, 3.05) is 5.73 Å². The molecule has 3 heteroatoms. The zero-order valence-corrected chi connectivity index (χ0v) is 9.21. The van der Waals surface area contributed by atoms with E-state index in [0.717, 1.165) is 25.7 Å². The Morgan fingerprint density at radius 2 is 2.06 bits per heavy atom. The summed E-state index contributed by atoms with van der Waals surface area (Å²) in [4.78, 5) is 12.1. The molecule has 1 aliphatic rings. The summed E-state index contributed by atoms with van der Waals surface area (Å²) in [5, 5.41) is 0. The summed E-state index contributed by atoms with van der Waals surface area (Å²) in [7, 11) is 0. The van der Waals surface area contributed by atoms with Gasteiger partial charge in [0.05, 0.1) is 0 Å². The van der Waals surface area contributed by atoms with Crippen molar-refractivity contribution in [3.05, 3.63) is 29.3 Å². The van der Waals surface area contributed by atoms with Crippen LogP contribution in [0, 0.1) is 5.92 Å². The lowest BCUT2D eigenvalue weighted by atomic mass is 9.94. The molecule has 16 heavy (non-hydrogen) atoms. The van der Waals surface area contributed by atoms with Crippen molar-refractivity contribution in [1.82, 2.24) is 0 Å². The van der Waals surface area contributed by atoms with Crippen LogP contribution in [0.1, 0.15) is 41.6 Å². The first-order valence-electron chi connectivity index (χ1n) is 5.71. The molecular weight excluding hydrogens is 205 g/mol. The number of halogens is 1. The molecule has 0 amide bonds. The molecule has 0 aliphatic heterocycles. The molecule has 0 heterocycles. The summed E-state index contributed by atoms with van der Waals surface area (Å²) >= 11 is 0. The number of hydrogen-bond donors (Lipinski definition) is 1. The van der Waals surface area contributed by atoms with Gasteiger partial charge in [0, 0.05) is 17.2 Å². The van der Waals surface area contributed by atoms with E-state index in [2.05, 4.69) is 0 Å². The van der Waals surface area contributed by atoms with Gasteiger partial charge in [-0.1, -0.05) is 18.9 Å². The Morgan fingerprint density at radius 1 is 1.38 bits per heavy atom. The average molecular weight is 221 g/mol. The molecule has 0 aromatic heterocycles. The standard InChI is InChI=1S/C13H16FNO/c14-8-9-5-6-11(12(15)7-9)13(16)10-3-1-2-4-10/h5-7,10H,1-4,8,15H2. The van der Waals surface area contributed by atoms with E-state index >= 15 is 0 Å². The van der Waals surface area contributed by atoms with Gasteiger partial charge < -0.3 is 5.73 Å². The number of Topliss-reactive ketones (excluding diaryl/α,β-unsaturated/α-hetero) is 1. The SMILES string of the molecule is Nc1cc(CF)ccc1C(=O)C1CCCC1. The predicted octanol–water partition coefficient (Wildman–Crippen LogP) is 3.11. The largest absolute Gasteiger partial charge is 0.398 e. The van der Waals surface area contributed by atoms with Crippen molar-refractivity contribution in [3.63, 3.8) is 0 Å². The van der Waals surface area contributed by atoms with E-state index in [0.29, 0.717) is 16.8 Å². The summed E-state index contributed by atoms with van der Waals surface area (Å²) in [5.74, 6) is 0.249. The number of carbonyl (C=O) groups excluding carboxylic acids is 1. The third kappa shape index (κ3) is 2.08. The number of anilines is 1. The molecule has 0 saturated heterocycles. The van der Waals surface area contributed by atoms with Crippen molar-refractivity contribution >= 4 is 11.5 Å². The lowest BCUT2D eigenvalue weighted by Gasteiger charge is -2.10. The van der Waals surface area contributed by atoms with E-state index in [1.54, 1.807) is 18.2 Å². The lowest BCUT2D eigenvalue weighted by Crippen LogP contribution is -2.13. The molecule has 2 N–H and O–H groups in total. The van der Waals surface area contributed by atoms with Crippen LogP contribution in [0.3, 0.4) is 0 Å². The quantitative estimate of drug-likeness (QED) is 0.629. The van der Waals surface area contributed by atoms with Gasteiger partial charge in [-0.25, -0.2) is 4.39 Å². The first-order chi connectivity index (χ1) is 7.72. The van der Waals surface area contributed by atoms with Gasteiger partial charge in [-0.2, -0.15) is 0 Å². The molecular formula is C13H16FNO. The summed E-state index contributed by atoms with van der Waals surface area (Å²) in [6.07, 6.45) is 4.17. The number of carbonyl (C=O) groups is 1. The van der Waals surface area contributed by atoms with Crippen LogP contribution in [-0.2, 0) is 6.67 Å². The van der Waals surface area contributed by atoms with Gasteiger partial charge in [0.1, 0.15) is 6.67 Å². The van der Waals surface area contributed by atoms with E-state index in [9.17, 15) is 9.18 Å². The molecule has 1 saturated carbocycles. The molecule has 2 nitrogen and oxygen atoms in total. The minimum absolute atomic E-state index is 0.124. The third-order valence-corrected chi connectivity index (χ3v) is 3.26. The van der Waals surface area contributed by atoms with Gasteiger partial charge in [0.2, 0.25) is 0 Å². The van der Waals surface area contributed by atoms with Crippen LogP contribution in [0.2, 0.25) is 0 Å². The highest BCUT2D eigenvalue weighted by atomic mass is 19.1. The minimum Gasteiger partial charge on any atom is -0.398 e. The predicted molar refractivity (Wildman–Crippen MR) is 62.0 cm³/mol. The number of nitrogens with two attached hydrogens (primary N) is 1. The molecule has 1 aromatic rings. The zero-order chi connectivity index (χ0) is 11.5. The maximum Gasteiger partial charge on any atom is 0.168 e. The van der Waals surface area contributed by atoms with Crippen molar-refractivity contribution in [2.24, 2.45) is 5.92 Å². The van der Waals surface area contributed by atoms with E-state index in [1.807, 2.05) is 0 Å². The Balaban J connectivity index is 2.22. The molecule has 0 bridgehead atoms. The van der Waals surface area contributed by atoms with E-state index in [1.165, 1.54) is 0 Å². The normalized spacial score (nSPS) is 16.6. The fraction of sp³-hybridized carbons (Fsp3) is 0.462. The monoisotopic (exact) mass is 221 g/mol. The molecule has 1 fully saturated rings. The molecule has 86 valence electrons. The number of nitrogen functional groups attached to an aromatic ring is 1.